The van der Waals surface area contributed by atoms with Crippen LogP contribution in [-0.4, -0.2) is 36.3 Å². The van der Waals surface area contributed by atoms with Gasteiger partial charge in [0.05, 0.1) is 25.5 Å². The predicted octanol–water partition coefficient (Wildman–Crippen LogP) is 3.77. The molecule has 10 heteroatoms. The first-order chi connectivity index (χ1) is 12.9. The van der Waals surface area contributed by atoms with Crippen LogP contribution in [0.3, 0.4) is 0 Å². The molecule has 27 heavy (non-hydrogen) atoms. The zero-order chi connectivity index (χ0) is 19.6. The third kappa shape index (κ3) is 4.12. The quantitative estimate of drug-likeness (QED) is 0.565. The van der Waals surface area contributed by atoms with Crippen molar-refractivity contribution >= 4 is 62.1 Å². The van der Waals surface area contributed by atoms with Crippen molar-refractivity contribution in [3.05, 3.63) is 26.6 Å². The normalized spacial score (nSPS) is 12.9. The molecule has 2 heterocycles. The Morgan fingerprint density at radius 3 is 2.44 bits per heavy atom. The lowest BCUT2D eigenvalue weighted by atomic mass is 10.0. The molecule has 144 valence electrons. The van der Waals surface area contributed by atoms with Gasteiger partial charge in [0.15, 0.2) is 10.2 Å². The highest BCUT2D eigenvalue weighted by Crippen LogP contribution is 2.35. The summed E-state index contributed by atoms with van der Waals surface area (Å²) < 4.78 is 9.62. The molecule has 0 amide bonds. The van der Waals surface area contributed by atoms with Crippen LogP contribution in [0.1, 0.15) is 49.0 Å². The number of ether oxygens (including phenoxy) is 2. The number of hydrogen-bond donors (Lipinski definition) is 2. The molecule has 2 aromatic rings. The Bertz CT molecular complexity index is 880. The maximum absolute atomic E-state index is 12.2. The van der Waals surface area contributed by atoms with E-state index in [1.54, 1.807) is 18.3 Å². The monoisotopic (exact) mass is 425 g/mol. The van der Waals surface area contributed by atoms with E-state index in [9.17, 15) is 9.59 Å². The highest BCUT2D eigenvalue weighted by Gasteiger charge is 2.26. The Labute approximate surface area is 170 Å². The first-order valence-corrected chi connectivity index (χ1v) is 10.3. The SMILES string of the molecule is COC(=O)c1sc(NC(=S)Nc2nc3c(s2)CCCC3)c(C(=O)OC)c1C. The molecule has 0 spiro atoms. The van der Waals surface area contributed by atoms with Gasteiger partial charge in [0.1, 0.15) is 9.88 Å². The first-order valence-electron chi connectivity index (χ1n) is 8.31. The predicted molar refractivity (Wildman–Crippen MR) is 110 cm³/mol. The van der Waals surface area contributed by atoms with Crippen LogP contribution in [0.2, 0.25) is 0 Å². The second kappa shape index (κ2) is 8.32. The molecule has 0 unspecified atom stereocenters. The van der Waals surface area contributed by atoms with Crippen LogP contribution in [0.4, 0.5) is 10.1 Å². The molecule has 0 atom stereocenters. The molecule has 0 bridgehead atoms. The van der Waals surface area contributed by atoms with Gasteiger partial charge in [-0.15, -0.1) is 22.7 Å². The van der Waals surface area contributed by atoms with Crippen molar-refractivity contribution in [1.29, 1.82) is 0 Å². The number of fused-ring (bicyclic) bond motifs is 1. The summed E-state index contributed by atoms with van der Waals surface area (Å²) in [7, 11) is 2.58. The molecule has 2 aromatic heterocycles. The largest absolute Gasteiger partial charge is 0.465 e. The average molecular weight is 426 g/mol. The lowest BCUT2D eigenvalue weighted by Crippen LogP contribution is -2.20. The molecule has 2 N–H and O–H groups in total. The number of hydrogen-bond acceptors (Lipinski definition) is 8. The van der Waals surface area contributed by atoms with Gasteiger partial charge in [-0.25, -0.2) is 14.6 Å². The number of nitrogens with zero attached hydrogens (tertiary/aromatic N) is 1. The smallest absolute Gasteiger partial charge is 0.348 e. The number of carbonyl (C=O) groups excluding carboxylic acids is 2. The molecule has 0 saturated carbocycles. The van der Waals surface area contributed by atoms with Crippen LogP contribution >= 0.6 is 34.9 Å². The average Bonchev–Trinajstić information content (AvgIpc) is 3.20. The molecule has 7 nitrogen and oxygen atoms in total. The number of thiazole rings is 1. The van der Waals surface area contributed by atoms with Gasteiger partial charge in [0.25, 0.3) is 0 Å². The Morgan fingerprint density at radius 2 is 1.78 bits per heavy atom. The fourth-order valence-corrected chi connectivity index (χ4v) is 5.37. The van der Waals surface area contributed by atoms with Crippen molar-refractivity contribution < 1.29 is 19.1 Å². The maximum atomic E-state index is 12.2. The second-order valence-corrected chi connectivity index (χ2v) is 8.43. The summed E-state index contributed by atoms with van der Waals surface area (Å²) in [5, 5.41) is 7.51. The summed E-state index contributed by atoms with van der Waals surface area (Å²) >= 11 is 8.06. The Balaban J connectivity index is 1.81. The van der Waals surface area contributed by atoms with Gasteiger partial charge in [0, 0.05) is 4.88 Å². The van der Waals surface area contributed by atoms with Gasteiger partial charge < -0.3 is 20.1 Å². The molecular formula is C17H19N3O4S3. The van der Waals surface area contributed by atoms with Gasteiger partial charge in [-0.1, -0.05) is 0 Å². The fourth-order valence-electron chi connectivity index (χ4n) is 2.87. The van der Waals surface area contributed by atoms with Crippen molar-refractivity contribution in [1.82, 2.24) is 4.98 Å². The minimum Gasteiger partial charge on any atom is -0.465 e. The van der Waals surface area contributed by atoms with Crippen LogP contribution in [0.5, 0.6) is 0 Å². The maximum Gasteiger partial charge on any atom is 0.348 e. The molecule has 0 fully saturated rings. The van der Waals surface area contributed by atoms with Gasteiger partial charge >= 0.3 is 11.9 Å². The minimum atomic E-state index is -0.547. The zero-order valence-corrected chi connectivity index (χ0v) is 17.6. The summed E-state index contributed by atoms with van der Waals surface area (Å²) in [4.78, 5) is 30.3. The van der Waals surface area contributed by atoms with Gasteiger partial charge in [-0.2, -0.15) is 0 Å². The van der Waals surface area contributed by atoms with Crippen LogP contribution in [0.15, 0.2) is 0 Å². The fraction of sp³-hybridized carbons (Fsp3) is 0.412. The third-order valence-electron chi connectivity index (χ3n) is 4.20. The number of carbonyl (C=O) groups is 2. The van der Waals surface area contributed by atoms with Gasteiger partial charge in [-0.3, -0.25) is 0 Å². The topological polar surface area (TPSA) is 89.5 Å². The van der Waals surface area contributed by atoms with Gasteiger partial charge in [0.2, 0.25) is 0 Å². The second-order valence-electron chi connectivity index (χ2n) is 5.92. The number of thiocarbonyl (C=S) groups is 1. The molecule has 0 aliphatic heterocycles. The number of aryl methyl sites for hydroxylation is 2. The molecule has 0 radical (unpaired) electrons. The van der Waals surface area contributed by atoms with Crippen molar-refractivity contribution in [2.75, 3.05) is 24.9 Å². The molecule has 1 aliphatic carbocycles. The van der Waals surface area contributed by atoms with E-state index in [1.165, 1.54) is 25.5 Å². The number of anilines is 2. The Hall–Kier alpha value is -2.04. The summed E-state index contributed by atoms with van der Waals surface area (Å²) in [5.41, 5.74) is 1.89. The van der Waals surface area contributed by atoms with E-state index < -0.39 is 11.9 Å². The summed E-state index contributed by atoms with van der Waals surface area (Å²) in [5.74, 6) is -1.06. The number of nitrogens with one attached hydrogen (secondary N) is 2. The van der Waals surface area contributed by atoms with Crippen molar-refractivity contribution in [3.63, 3.8) is 0 Å². The third-order valence-corrected chi connectivity index (χ3v) is 6.66. The minimum absolute atomic E-state index is 0.269. The summed E-state index contributed by atoms with van der Waals surface area (Å²) in [6.07, 6.45) is 4.39. The van der Waals surface area contributed by atoms with Crippen molar-refractivity contribution in [2.45, 2.75) is 32.6 Å². The molecule has 0 aromatic carbocycles. The lowest BCUT2D eigenvalue weighted by Gasteiger charge is -2.08. The van der Waals surface area contributed by atoms with Crippen molar-refractivity contribution in [2.24, 2.45) is 0 Å². The van der Waals surface area contributed by atoms with E-state index in [-0.39, 0.29) is 5.56 Å². The van der Waals surface area contributed by atoms with E-state index in [0.717, 1.165) is 41.4 Å². The highest BCUT2D eigenvalue weighted by molar-refractivity contribution is 7.80. The molecule has 1 aliphatic rings. The highest BCUT2D eigenvalue weighted by atomic mass is 32.1. The van der Waals surface area contributed by atoms with E-state index in [0.29, 0.717) is 20.6 Å². The lowest BCUT2D eigenvalue weighted by molar-refractivity contribution is 0.0601. The van der Waals surface area contributed by atoms with Crippen LogP contribution in [0, 0.1) is 6.92 Å². The number of aromatic nitrogens is 1. The Morgan fingerprint density at radius 1 is 1.07 bits per heavy atom. The van der Waals surface area contributed by atoms with Crippen LogP contribution in [-0.2, 0) is 22.3 Å². The standard InChI is InChI=1S/C17H19N3O4S3/c1-8-11(14(21)23-2)13(27-12(8)15(22)24-3)19-16(25)20-17-18-9-6-4-5-7-10(9)26-17/h4-7H2,1-3H3,(H2,18,19,20,25). The zero-order valence-electron chi connectivity index (χ0n) is 15.1. The summed E-state index contributed by atoms with van der Waals surface area (Å²) in [6, 6.07) is 0. The van der Waals surface area contributed by atoms with Crippen molar-refractivity contribution in [3.8, 4) is 0 Å². The molecular weight excluding hydrogens is 406 g/mol. The Kier molecular flexibility index (Phi) is 6.08. The molecule has 0 saturated heterocycles. The summed E-state index contributed by atoms with van der Waals surface area (Å²) in [6.45, 7) is 1.67. The van der Waals surface area contributed by atoms with Gasteiger partial charge in [-0.05, 0) is 50.4 Å². The van der Waals surface area contributed by atoms with E-state index in [4.69, 9.17) is 21.7 Å². The number of thiophene rings is 1. The van der Waals surface area contributed by atoms with E-state index >= 15 is 0 Å². The molecule has 3 rings (SSSR count). The first kappa shape index (κ1) is 19.7. The number of esters is 2. The van der Waals surface area contributed by atoms with E-state index in [2.05, 4.69) is 15.6 Å². The number of methoxy groups -OCH3 is 2. The number of rotatable bonds is 4. The van der Waals surface area contributed by atoms with Crippen LogP contribution < -0.4 is 10.6 Å². The van der Waals surface area contributed by atoms with E-state index in [1.807, 2.05) is 0 Å². The van der Waals surface area contributed by atoms with Crippen LogP contribution in [0.25, 0.3) is 0 Å².